The molecule has 1 aliphatic heterocycles. The average Bonchev–Trinajstić information content (AvgIpc) is 2.86. The number of ether oxygens (including phenoxy) is 1. The van der Waals surface area contributed by atoms with Gasteiger partial charge in [0.15, 0.2) is 5.69 Å². The predicted octanol–water partition coefficient (Wildman–Crippen LogP) is 1.96. The van der Waals surface area contributed by atoms with Crippen molar-refractivity contribution in [1.29, 1.82) is 0 Å². The summed E-state index contributed by atoms with van der Waals surface area (Å²) in [6, 6.07) is 1.44. The van der Waals surface area contributed by atoms with E-state index in [0.717, 1.165) is 0 Å². The Morgan fingerprint density at radius 2 is 2.15 bits per heavy atom. The molecule has 1 aromatic rings. The summed E-state index contributed by atoms with van der Waals surface area (Å²) in [4.78, 5) is 21.0. The zero-order valence-electron chi connectivity index (χ0n) is 11.1. The molecule has 1 unspecified atom stereocenters. The van der Waals surface area contributed by atoms with Crippen LogP contribution in [0, 0.1) is 12.8 Å². The first-order valence-electron chi connectivity index (χ1n) is 6.07. The lowest BCUT2D eigenvalue weighted by Crippen LogP contribution is -2.28. The fourth-order valence-corrected chi connectivity index (χ4v) is 2.11. The van der Waals surface area contributed by atoms with E-state index in [1.165, 1.54) is 18.1 Å². The number of esters is 1. The van der Waals surface area contributed by atoms with Crippen LogP contribution in [0.2, 0.25) is 0 Å². The standard InChI is InChI=1S/C12H14F3N3O2/c1-7-5-9(10(19)20-2)17-11(16-7)18-4-3-8(6-18)12(13,14)15/h5,8H,3-4,6H2,1-2H3. The minimum atomic E-state index is -4.22. The number of aryl methyl sites for hydroxylation is 1. The largest absolute Gasteiger partial charge is 0.464 e. The van der Waals surface area contributed by atoms with Crippen LogP contribution in [0.25, 0.3) is 0 Å². The number of nitrogens with zero attached hydrogens (tertiary/aromatic N) is 3. The maximum Gasteiger partial charge on any atom is 0.393 e. The topological polar surface area (TPSA) is 55.3 Å². The fraction of sp³-hybridized carbons (Fsp3) is 0.583. The molecule has 1 fully saturated rings. The molecule has 2 heterocycles. The highest BCUT2D eigenvalue weighted by molar-refractivity contribution is 5.87. The van der Waals surface area contributed by atoms with Crippen molar-refractivity contribution in [2.45, 2.75) is 19.5 Å². The van der Waals surface area contributed by atoms with E-state index in [9.17, 15) is 18.0 Å². The number of rotatable bonds is 2. The molecule has 5 nitrogen and oxygen atoms in total. The predicted molar refractivity (Wildman–Crippen MR) is 64.5 cm³/mol. The summed E-state index contributed by atoms with van der Waals surface area (Å²) in [5.74, 6) is -1.88. The summed E-state index contributed by atoms with van der Waals surface area (Å²) in [7, 11) is 1.22. The lowest BCUT2D eigenvalue weighted by Gasteiger charge is -2.18. The Morgan fingerprint density at radius 1 is 1.45 bits per heavy atom. The van der Waals surface area contributed by atoms with Gasteiger partial charge in [0.05, 0.1) is 13.0 Å². The van der Waals surface area contributed by atoms with E-state index in [2.05, 4.69) is 14.7 Å². The van der Waals surface area contributed by atoms with Gasteiger partial charge in [0.2, 0.25) is 5.95 Å². The second-order valence-electron chi connectivity index (χ2n) is 4.66. The minimum Gasteiger partial charge on any atom is -0.464 e. The highest BCUT2D eigenvalue weighted by Gasteiger charge is 2.44. The molecule has 110 valence electrons. The Balaban J connectivity index is 2.22. The summed E-state index contributed by atoms with van der Waals surface area (Å²) in [5.41, 5.74) is 0.552. The molecule has 0 N–H and O–H groups in total. The second-order valence-corrected chi connectivity index (χ2v) is 4.66. The molecule has 1 atom stereocenters. The van der Waals surface area contributed by atoms with Gasteiger partial charge in [-0.2, -0.15) is 13.2 Å². The molecular formula is C12H14F3N3O2. The number of alkyl halides is 3. The van der Waals surface area contributed by atoms with E-state index >= 15 is 0 Å². The van der Waals surface area contributed by atoms with Crippen LogP contribution in [0.3, 0.4) is 0 Å². The van der Waals surface area contributed by atoms with Gasteiger partial charge in [-0.25, -0.2) is 14.8 Å². The maximum atomic E-state index is 12.6. The maximum absolute atomic E-state index is 12.6. The van der Waals surface area contributed by atoms with Crippen LogP contribution in [0.15, 0.2) is 6.07 Å². The number of carbonyl (C=O) groups excluding carboxylic acids is 1. The van der Waals surface area contributed by atoms with Crippen LogP contribution in [-0.2, 0) is 4.74 Å². The van der Waals surface area contributed by atoms with Crippen LogP contribution in [-0.4, -0.2) is 42.3 Å². The van der Waals surface area contributed by atoms with E-state index < -0.39 is 18.1 Å². The third kappa shape index (κ3) is 3.00. The first-order chi connectivity index (χ1) is 9.31. The van der Waals surface area contributed by atoms with Gasteiger partial charge in [0.1, 0.15) is 0 Å². The number of methoxy groups -OCH3 is 1. The number of aromatic nitrogens is 2. The number of halogens is 3. The molecule has 1 aromatic heterocycles. The van der Waals surface area contributed by atoms with Gasteiger partial charge in [0.25, 0.3) is 0 Å². The Labute approximate surface area is 113 Å². The lowest BCUT2D eigenvalue weighted by atomic mass is 10.1. The van der Waals surface area contributed by atoms with Crippen LogP contribution in [0.4, 0.5) is 19.1 Å². The highest BCUT2D eigenvalue weighted by atomic mass is 19.4. The van der Waals surface area contributed by atoms with E-state index in [1.807, 2.05) is 0 Å². The molecule has 8 heteroatoms. The van der Waals surface area contributed by atoms with Gasteiger partial charge in [-0.15, -0.1) is 0 Å². The molecule has 20 heavy (non-hydrogen) atoms. The van der Waals surface area contributed by atoms with E-state index in [4.69, 9.17) is 0 Å². The Morgan fingerprint density at radius 3 is 2.70 bits per heavy atom. The molecule has 1 saturated heterocycles. The number of hydrogen-bond acceptors (Lipinski definition) is 5. The molecule has 0 radical (unpaired) electrons. The van der Waals surface area contributed by atoms with Crippen molar-refractivity contribution in [2.24, 2.45) is 5.92 Å². The minimum absolute atomic E-state index is 0.00829. The monoisotopic (exact) mass is 289 g/mol. The number of anilines is 1. The van der Waals surface area contributed by atoms with Crippen molar-refractivity contribution in [1.82, 2.24) is 9.97 Å². The zero-order chi connectivity index (χ0) is 14.9. The molecule has 1 aliphatic rings. The van der Waals surface area contributed by atoms with Crippen LogP contribution >= 0.6 is 0 Å². The average molecular weight is 289 g/mol. The number of hydrogen-bond donors (Lipinski definition) is 0. The van der Waals surface area contributed by atoms with Crippen molar-refractivity contribution < 1.29 is 22.7 Å². The molecular weight excluding hydrogens is 275 g/mol. The first kappa shape index (κ1) is 14.5. The third-order valence-corrected chi connectivity index (χ3v) is 3.17. The molecule has 0 saturated carbocycles. The van der Waals surface area contributed by atoms with E-state index in [0.29, 0.717) is 5.69 Å². The van der Waals surface area contributed by atoms with Crippen molar-refractivity contribution in [3.8, 4) is 0 Å². The molecule has 0 aliphatic carbocycles. The fourth-order valence-electron chi connectivity index (χ4n) is 2.11. The summed E-state index contributed by atoms with van der Waals surface area (Å²) < 4.78 is 42.5. The van der Waals surface area contributed by atoms with Gasteiger partial charge in [-0.3, -0.25) is 0 Å². The van der Waals surface area contributed by atoms with Crippen molar-refractivity contribution in [3.63, 3.8) is 0 Å². The Kier molecular flexibility index (Phi) is 3.82. The van der Waals surface area contributed by atoms with Crippen molar-refractivity contribution in [3.05, 3.63) is 17.5 Å². The van der Waals surface area contributed by atoms with Gasteiger partial charge in [-0.1, -0.05) is 0 Å². The van der Waals surface area contributed by atoms with Gasteiger partial charge >= 0.3 is 12.1 Å². The lowest BCUT2D eigenvalue weighted by molar-refractivity contribution is -0.168. The summed E-state index contributed by atoms with van der Waals surface area (Å²) in [6.07, 6.45) is -4.21. The summed E-state index contributed by atoms with van der Waals surface area (Å²) in [5, 5.41) is 0. The molecule has 0 bridgehead atoms. The second kappa shape index (κ2) is 5.26. The summed E-state index contributed by atoms with van der Waals surface area (Å²) >= 11 is 0. The zero-order valence-corrected chi connectivity index (χ0v) is 11.1. The third-order valence-electron chi connectivity index (χ3n) is 3.17. The molecule has 0 aromatic carbocycles. The SMILES string of the molecule is COC(=O)c1cc(C)nc(N2CCC(C(F)(F)F)C2)n1. The number of carbonyl (C=O) groups is 1. The Bertz CT molecular complexity index is 519. The first-order valence-corrected chi connectivity index (χ1v) is 6.07. The van der Waals surface area contributed by atoms with E-state index in [-0.39, 0.29) is 31.2 Å². The van der Waals surface area contributed by atoms with Gasteiger partial charge in [0, 0.05) is 18.8 Å². The van der Waals surface area contributed by atoms with Gasteiger partial charge in [-0.05, 0) is 19.4 Å². The van der Waals surface area contributed by atoms with E-state index in [1.54, 1.807) is 6.92 Å². The smallest absolute Gasteiger partial charge is 0.393 e. The molecule has 0 spiro atoms. The highest BCUT2D eigenvalue weighted by Crippen LogP contribution is 2.34. The molecule has 0 amide bonds. The van der Waals surface area contributed by atoms with Crippen LogP contribution in [0.5, 0.6) is 0 Å². The van der Waals surface area contributed by atoms with Gasteiger partial charge < -0.3 is 9.64 Å². The quantitative estimate of drug-likeness (QED) is 0.779. The van der Waals surface area contributed by atoms with Crippen molar-refractivity contribution in [2.75, 3.05) is 25.1 Å². The summed E-state index contributed by atoms with van der Waals surface area (Å²) in [6.45, 7) is 1.68. The Hall–Kier alpha value is -1.86. The van der Waals surface area contributed by atoms with Crippen LogP contribution < -0.4 is 4.90 Å². The van der Waals surface area contributed by atoms with Crippen LogP contribution in [0.1, 0.15) is 22.6 Å². The van der Waals surface area contributed by atoms with Crippen molar-refractivity contribution >= 4 is 11.9 Å². The molecule has 2 rings (SSSR count). The normalized spacial score (nSPS) is 19.2.